The van der Waals surface area contributed by atoms with Gasteiger partial charge in [-0.15, -0.1) is 0 Å². The lowest BCUT2D eigenvalue weighted by Gasteiger charge is -2.38. The number of hydrogen-bond acceptors (Lipinski definition) is 4. The average molecular weight is 382 g/mol. The Bertz CT molecular complexity index is 724. The van der Waals surface area contributed by atoms with E-state index < -0.39 is 0 Å². The Morgan fingerprint density at radius 2 is 1.93 bits per heavy atom. The number of nitrogens with zero attached hydrogens (tertiary/aromatic N) is 4. The maximum atomic E-state index is 13.0. The van der Waals surface area contributed by atoms with Crippen molar-refractivity contribution in [3.05, 3.63) is 66.0 Å². The number of nitrogens with one attached hydrogen (secondary N) is 1. The molecule has 1 saturated heterocycles. The van der Waals surface area contributed by atoms with Crippen molar-refractivity contribution in [2.75, 3.05) is 46.8 Å². The Morgan fingerprint density at radius 3 is 2.68 bits per heavy atom. The van der Waals surface area contributed by atoms with Crippen molar-refractivity contribution in [2.45, 2.75) is 19.0 Å². The van der Waals surface area contributed by atoms with Gasteiger partial charge in [-0.2, -0.15) is 0 Å². The molecule has 3 rings (SSSR count). The Hall–Kier alpha value is -2.44. The van der Waals surface area contributed by atoms with Gasteiger partial charge in [0, 0.05) is 57.7 Å². The number of aromatic nitrogens is 1. The summed E-state index contributed by atoms with van der Waals surface area (Å²) in [5, 5.41) is 3.16. The van der Waals surface area contributed by atoms with E-state index in [4.69, 9.17) is 0 Å². The largest absolute Gasteiger partial charge is 0.336 e. The molecule has 1 atom stereocenters. The highest BCUT2D eigenvalue weighted by Gasteiger charge is 2.23. The second kappa shape index (κ2) is 10.2. The zero-order chi connectivity index (χ0) is 19.8. The summed E-state index contributed by atoms with van der Waals surface area (Å²) in [6, 6.07) is 14.6. The summed E-state index contributed by atoms with van der Waals surface area (Å²) in [4.78, 5) is 23.7. The van der Waals surface area contributed by atoms with Gasteiger partial charge < -0.3 is 15.1 Å². The van der Waals surface area contributed by atoms with Crippen molar-refractivity contribution in [1.82, 2.24) is 25.0 Å². The number of benzene rings is 1. The van der Waals surface area contributed by atoms with Gasteiger partial charge in [-0.3, -0.25) is 9.88 Å². The summed E-state index contributed by atoms with van der Waals surface area (Å²) in [5.74, 6) is 0. The molecule has 2 amide bonds. The first-order valence-electron chi connectivity index (χ1n) is 9.96. The van der Waals surface area contributed by atoms with Crippen molar-refractivity contribution < 1.29 is 4.79 Å². The van der Waals surface area contributed by atoms with Crippen LogP contribution in [0.25, 0.3) is 0 Å². The fourth-order valence-electron chi connectivity index (χ4n) is 3.51. The van der Waals surface area contributed by atoms with Gasteiger partial charge in [0.05, 0.1) is 0 Å². The first-order chi connectivity index (χ1) is 13.6. The summed E-state index contributed by atoms with van der Waals surface area (Å²) in [7, 11) is 4.27. The van der Waals surface area contributed by atoms with Gasteiger partial charge in [-0.25, -0.2) is 4.79 Å². The van der Waals surface area contributed by atoms with Crippen LogP contribution in [0, 0.1) is 0 Å². The summed E-state index contributed by atoms with van der Waals surface area (Å²) in [6.45, 7) is 4.98. The molecule has 2 heterocycles. The molecule has 1 aromatic heterocycles. The third-order valence-electron chi connectivity index (χ3n) is 5.37. The molecule has 150 valence electrons. The Kier molecular flexibility index (Phi) is 7.39. The number of urea groups is 1. The third-order valence-corrected chi connectivity index (χ3v) is 5.37. The summed E-state index contributed by atoms with van der Waals surface area (Å²) >= 11 is 0. The number of hydrogen-bond donors (Lipinski definition) is 1. The molecule has 1 fully saturated rings. The predicted molar refractivity (Wildman–Crippen MR) is 112 cm³/mol. The van der Waals surface area contributed by atoms with Crippen LogP contribution in [-0.4, -0.2) is 78.6 Å². The summed E-state index contributed by atoms with van der Waals surface area (Å²) in [5.41, 5.74) is 2.28. The van der Waals surface area contributed by atoms with Gasteiger partial charge in [0.15, 0.2) is 0 Å². The number of amides is 2. The minimum Gasteiger partial charge on any atom is -0.336 e. The van der Waals surface area contributed by atoms with E-state index in [1.54, 1.807) is 6.20 Å². The van der Waals surface area contributed by atoms with Crippen LogP contribution in [0.5, 0.6) is 0 Å². The average Bonchev–Trinajstić information content (AvgIpc) is 2.73. The maximum Gasteiger partial charge on any atom is 0.317 e. The molecule has 28 heavy (non-hydrogen) atoms. The Balaban J connectivity index is 1.60. The lowest BCUT2D eigenvalue weighted by Crippen LogP contribution is -2.55. The second-order valence-corrected chi connectivity index (χ2v) is 7.60. The van der Waals surface area contributed by atoms with Gasteiger partial charge in [0.1, 0.15) is 0 Å². The Morgan fingerprint density at radius 1 is 1.14 bits per heavy atom. The van der Waals surface area contributed by atoms with E-state index in [0.717, 1.165) is 31.6 Å². The van der Waals surface area contributed by atoms with Gasteiger partial charge in [-0.05, 0) is 37.7 Å². The number of carbonyl (C=O) groups excluding carboxylic acids is 1. The van der Waals surface area contributed by atoms with E-state index in [-0.39, 0.29) is 6.03 Å². The van der Waals surface area contributed by atoms with Crippen LogP contribution < -0.4 is 5.32 Å². The first kappa shape index (κ1) is 20.3. The van der Waals surface area contributed by atoms with Crippen molar-refractivity contribution in [2.24, 2.45) is 0 Å². The minimum absolute atomic E-state index is 0.0126. The molecule has 0 radical (unpaired) electrons. The van der Waals surface area contributed by atoms with Gasteiger partial charge in [0.25, 0.3) is 0 Å². The molecule has 6 nitrogen and oxygen atoms in total. The predicted octanol–water partition coefficient (Wildman–Crippen LogP) is 2.08. The number of carbonyl (C=O) groups is 1. The highest BCUT2D eigenvalue weighted by molar-refractivity contribution is 5.74. The van der Waals surface area contributed by atoms with E-state index in [2.05, 4.69) is 46.3 Å². The molecule has 6 heteroatoms. The molecule has 0 aliphatic carbocycles. The number of piperazine rings is 1. The molecule has 1 aromatic carbocycles. The van der Waals surface area contributed by atoms with Crippen LogP contribution in [0.1, 0.15) is 11.1 Å². The van der Waals surface area contributed by atoms with Crippen molar-refractivity contribution in [3.8, 4) is 0 Å². The van der Waals surface area contributed by atoms with Crippen molar-refractivity contribution >= 4 is 6.03 Å². The molecule has 0 saturated carbocycles. The van der Waals surface area contributed by atoms with Crippen LogP contribution >= 0.6 is 0 Å². The minimum atomic E-state index is -0.0126. The van der Waals surface area contributed by atoms with Crippen molar-refractivity contribution in [1.29, 1.82) is 0 Å². The first-order valence-corrected chi connectivity index (χ1v) is 9.96. The number of rotatable bonds is 7. The van der Waals surface area contributed by atoms with Crippen LogP contribution in [0.2, 0.25) is 0 Å². The van der Waals surface area contributed by atoms with Gasteiger partial charge >= 0.3 is 6.03 Å². The van der Waals surface area contributed by atoms with Crippen LogP contribution in [0.3, 0.4) is 0 Å². The third kappa shape index (κ3) is 6.04. The topological polar surface area (TPSA) is 51.7 Å². The van der Waals surface area contributed by atoms with E-state index in [0.29, 0.717) is 25.7 Å². The molecule has 1 aliphatic heterocycles. The smallest absolute Gasteiger partial charge is 0.317 e. The number of likely N-dealkylation sites (N-methyl/N-ethyl adjacent to an activating group) is 2. The maximum absolute atomic E-state index is 13.0. The van der Waals surface area contributed by atoms with Gasteiger partial charge in [0.2, 0.25) is 0 Å². The lowest BCUT2D eigenvalue weighted by atomic mass is 10.1. The highest BCUT2D eigenvalue weighted by atomic mass is 16.2. The highest BCUT2D eigenvalue weighted by Crippen LogP contribution is 2.08. The molecular weight excluding hydrogens is 350 g/mol. The van der Waals surface area contributed by atoms with E-state index in [1.807, 2.05) is 41.4 Å². The quantitative estimate of drug-likeness (QED) is 0.798. The lowest BCUT2D eigenvalue weighted by molar-refractivity contribution is 0.112. The molecule has 1 unspecified atom stereocenters. The standard InChI is InChI=1S/C22H31N5O/c1-25-13-14-26(2)21(18-25)16-24-22(28)27(17-20-9-6-11-23-15-20)12-10-19-7-4-3-5-8-19/h3-9,11,15,21H,10,12-14,16-18H2,1-2H3,(H,24,28). The fourth-order valence-corrected chi connectivity index (χ4v) is 3.51. The summed E-state index contributed by atoms with van der Waals surface area (Å²) < 4.78 is 0. The number of pyridine rings is 1. The normalized spacial score (nSPS) is 18.0. The molecule has 0 bridgehead atoms. The monoisotopic (exact) mass is 381 g/mol. The Labute approximate surface area is 168 Å². The molecular formula is C22H31N5O. The SMILES string of the molecule is CN1CCN(C)C(CNC(=O)N(CCc2ccccc2)Cc2cccnc2)C1. The summed E-state index contributed by atoms with van der Waals surface area (Å²) in [6.07, 6.45) is 4.42. The molecule has 2 aromatic rings. The molecule has 1 aliphatic rings. The fraction of sp³-hybridized carbons (Fsp3) is 0.455. The van der Waals surface area contributed by atoms with Crippen LogP contribution in [0.4, 0.5) is 4.79 Å². The molecule has 1 N–H and O–H groups in total. The van der Waals surface area contributed by atoms with Gasteiger partial charge in [-0.1, -0.05) is 36.4 Å². The van der Waals surface area contributed by atoms with E-state index in [9.17, 15) is 4.79 Å². The van der Waals surface area contributed by atoms with Crippen molar-refractivity contribution in [3.63, 3.8) is 0 Å². The van der Waals surface area contributed by atoms with Crippen LogP contribution in [-0.2, 0) is 13.0 Å². The van der Waals surface area contributed by atoms with Crippen LogP contribution in [0.15, 0.2) is 54.9 Å². The second-order valence-electron chi connectivity index (χ2n) is 7.60. The zero-order valence-electron chi connectivity index (χ0n) is 16.9. The zero-order valence-corrected chi connectivity index (χ0v) is 16.9. The van der Waals surface area contributed by atoms with E-state index >= 15 is 0 Å². The van der Waals surface area contributed by atoms with E-state index in [1.165, 1.54) is 5.56 Å². The molecule has 0 spiro atoms.